The summed E-state index contributed by atoms with van der Waals surface area (Å²) >= 11 is 0. The van der Waals surface area contributed by atoms with Crippen molar-refractivity contribution in [1.82, 2.24) is 5.32 Å². The predicted molar refractivity (Wildman–Crippen MR) is 90.4 cm³/mol. The van der Waals surface area contributed by atoms with Gasteiger partial charge >= 0.3 is 6.03 Å². The molecule has 0 fully saturated rings. The average molecular weight is 314 g/mol. The van der Waals surface area contributed by atoms with Gasteiger partial charge in [0.2, 0.25) is 0 Å². The van der Waals surface area contributed by atoms with Crippen molar-refractivity contribution in [2.75, 3.05) is 25.1 Å². The van der Waals surface area contributed by atoms with Gasteiger partial charge in [-0.2, -0.15) is 0 Å². The number of hydrogen-bond acceptors (Lipinski definition) is 3. The van der Waals surface area contributed by atoms with Crippen LogP contribution in [-0.2, 0) is 4.74 Å². The van der Waals surface area contributed by atoms with E-state index >= 15 is 0 Å². The molecule has 0 radical (unpaired) electrons. The molecule has 122 valence electrons. The minimum Gasteiger partial charge on any atom is -0.394 e. The van der Waals surface area contributed by atoms with Crippen LogP contribution >= 0.6 is 0 Å². The quantitative estimate of drug-likeness (QED) is 0.736. The zero-order valence-corrected chi connectivity index (χ0v) is 13.2. The molecule has 5 heteroatoms. The Labute approximate surface area is 136 Å². The number of aliphatic hydroxyl groups excluding tert-OH is 1. The maximum absolute atomic E-state index is 11.9. The molecular weight excluding hydrogens is 292 g/mol. The molecule has 1 atom stereocenters. The smallest absolute Gasteiger partial charge is 0.319 e. The van der Waals surface area contributed by atoms with Gasteiger partial charge in [0.1, 0.15) is 0 Å². The molecule has 5 nitrogen and oxygen atoms in total. The molecule has 0 aliphatic carbocycles. The van der Waals surface area contributed by atoms with E-state index in [1.165, 1.54) is 0 Å². The maximum atomic E-state index is 11.9. The zero-order valence-electron chi connectivity index (χ0n) is 13.2. The first-order chi connectivity index (χ1) is 11.2. The van der Waals surface area contributed by atoms with Crippen LogP contribution in [0.15, 0.2) is 54.6 Å². The summed E-state index contributed by atoms with van der Waals surface area (Å²) < 4.78 is 5.63. The molecule has 0 aliphatic rings. The summed E-state index contributed by atoms with van der Waals surface area (Å²) in [6.07, 6.45) is -0.302. The fourth-order valence-corrected chi connectivity index (χ4v) is 2.13. The number of carbonyl (C=O) groups is 1. The first-order valence-electron chi connectivity index (χ1n) is 7.58. The number of ether oxygens (including phenoxy) is 1. The number of amides is 2. The van der Waals surface area contributed by atoms with Crippen LogP contribution < -0.4 is 10.6 Å². The lowest BCUT2D eigenvalue weighted by Gasteiger charge is -2.19. The number of urea groups is 1. The normalized spacial score (nSPS) is 11.7. The van der Waals surface area contributed by atoms with Gasteiger partial charge in [-0.05, 0) is 24.6 Å². The molecule has 0 aliphatic heterocycles. The van der Waals surface area contributed by atoms with Crippen molar-refractivity contribution in [3.05, 3.63) is 65.7 Å². The lowest BCUT2D eigenvalue weighted by atomic mass is 10.1. The van der Waals surface area contributed by atoms with Crippen molar-refractivity contribution in [2.45, 2.75) is 13.0 Å². The minimum atomic E-state index is -0.302. The van der Waals surface area contributed by atoms with Gasteiger partial charge in [-0.15, -0.1) is 0 Å². The van der Waals surface area contributed by atoms with E-state index in [1.54, 1.807) is 0 Å². The van der Waals surface area contributed by atoms with E-state index in [1.807, 2.05) is 61.5 Å². The highest BCUT2D eigenvalue weighted by Crippen LogP contribution is 2.17. The van der Waals surface area contributed by atoms with E-state index in [4.69, 9.17) is 9.84 Å². The molecule has 0 bridgehead atoms. The summed E-state index contributed by atoms with van der Waals surface area (Å²) in [5, 5.41) is 14.5. The van der Waals surface area contributed by atoms with Gasteiger partial charge in [-0.25, -0.2) is 4.79 Å². The summed E-state index contributed by atoms with van der Waals surface area (Å²) in [6.45, 7) is 2.50. The van der Waals surface area contributed by atoms with Crippen molar-refractivity contribution in [2.24, 2.45) is 0 Å². The first kappa shape index (κ1) is 17.0. The Morgan fingerprint density at radius 3 is 2.48 bits per heavy atom. The second kappa shape index (κ2) is 8.92. The fraction of sp³-hybridized carbons (Fsp3) is 0.278. The lowest BCUT2D eigenvalue weighted by Crippen LogP contribution is -2.33. The second-order valence-corrected chi connectivity index (χ2v) is 5.19. The van der Waals surface area contributed by atoms with E-state index in [2.05, 4.69) is 10.6 Å². The Morgan fingerprint density at radius 1 is 1.13 bits per heavy atom. The standard InChI is InChI=1S/C18H22N2O3/c1-14-7-9-15(10-8-14)17(23-12-11-21)13-19-18(22)20-16-5-3-2-4-6-16/h2-10,17,21H,11-13H2,1H3,(H2,19,20,22). The molecule has 2 amide bonds. The third kappa shape index (κ3) is 5.73. The molecule has 1 unspecified atom stereocenters. The minimum absolute atomic E-state index is 0.0570. The van der Waals surface area contributed by atoms with E-state index in [-0.39, 0.29) is 25.3 Å². The number of aliphatic hydroxyl groups is 1. The lowest BCUT2D eigenvalue weighted by molar-refractivity contribution is 0.0297. The number of nitrogens with one attached hydrogen (secondary N) is 2. The molecule has 0 saturated carbocycles. The molecule has 2 rings (SSSR count). The SMILES string of the molecule is Cc1ccc(C(CNC(=O)Nc2ccccc2)OCCO)cc1. The molecule has 2 aromatic carbocycles. The van der Waals surface area contributed by atoms with Crippen LogP contribution in [-0.4, -0.2) is 30.9 Å². The molecule has 23 heavy (non-hydrogen) atoms. The fourth-order valence-electron chi connectivity index (χ4n) is 2.13. The Kier molecular flexibility index (Phi) is 6.59. The van der Waals surface area contributed by atoms with Crippen molar-refractivity contribution in [3.63, 3.8) is 0 Å². The Bertz CT molecular complexity index is 599. The molecule has 2 aromatic rings. The largest absolute Gasteiger partial charge is 0.394 e. The van der Waals surface area contributed by atoms with Gasteiger partial charge in [-0.3, -0.25) is 0 Å². The summed E-state index contributed by atoms with van der Waals surface area (Å²) in [6, 6.07) is 16.9. The van der Waals surface area contributed by atoms with Crippen LogP contribution in [0.2, 0.25) is 0 Å². The third-order valence-electron chi connectivity index (χ3n) is 3.34. The number of carbonyl (C=O) groups excluding carboxylic acids is 1. The average Bonchev–Trinajstić information content (AvgIpc) is 2.57. The highest BCUT2D eigenvalue weighted by Gasteiger charge is 2.13. The van der Waals surface area contributed by atoms with Crippen LogP contribution in [0.25, 0.3) is 0 Å². The first-order valence-corrected chi connectivity index (χ1v) is 7.58. The number of hydrogen-bond donors (Lipinski definition) is 3. The van der Waals surface area contributed by atoms with Crippen molar-refractivity contribution >= 4 is 11.7 Å². The van der Waals surface area contributed by atoms with E-state index in [0.717, 1.165) is 16.8 Å². The van der Waals surface area contributed by atoms with Gasteiger partial charge < -0.3 is 20.5 Å². The van der Waals surface area contributed by atoms with Gasteiger partial charge in [0, 0.05) is 12.2 Å². The van der Waals surface area contributed by atoms with Gasteiger partial charge in [0.15, 0.2) is 0 Å². The van der Waals surface area contributed by atoms with Crippen molar-refractivity contribution < 1.29 is 14.6 Å². The summed E-state index contributed by atoms with van der Waals surface area (Å²) in [5.74, 6) is 0. The van der Waals surface area contributed by atoms with Gasteiger partial charge in [-0.1, -0.05) is 48.0 Å². The van der Waals surface area contributed by atoms with Crippen LogP contribution in [0.5, 0.6) is 0 Å². The Balaban J connectivity index is 1.92. The molecule has 0 spiro atoms. The number of para-hydroxylation sites is 1. The van der Waals surface area contributed by atoms with Gasteiger partial charge in [0.25, 0.3) is 0 Å². The second-order valence-electron chi connectivity index (χ2n) is 5.19. The van der Waals surface area contributed by atoms with Crippen LogP contribution in [0, 0.1) is 6.92 Å². The summed E-state index contributed by atoms with van der Waals surface area (Å²) in [7, 11) is 0. The molecule has 0 saturated heterocycles. The monoisotopic (exact) mass is 314 g/mol. The number of benzene rings is 2. The maximum Gasteiger partial charge on any atom is 0.319 e. The number of anilines is 1. The van der Waals surface area contributed by atoms with Gasteiger partial charge in [0.05, 0.1) is 19.3 Å². The number of rotatable bonds is 7. The highest BCUT2D eigenvalue weighted by molar-refractivity contribution is 5.89. The van der Waals surface area contributed by atoms with E-state index < -0.39 is 0 Å². The topological polar surface area (TPSA) is 70.6 Å². The van der Waals surface area contributed by atoms with Crippen molar-refractivity contribution in [3.8, 4) is 0 Å². The Hall–Kier alpha value is -2.37. The van der Waals surface area contributed by atoms with Crippen LogP contribution in [0.1, 0.15) is 17.2 Å². The van der Waals surface area contributed by atoms with E-state index in [9.17, 15) is 4.79 Å². The predicted octanol–water partition coefficient (Wildman–Crippen LogP) is 2.87. The summed E-state index contributed by atoms with van der Waals surface area (Å²) in [4.78, 5) is 11.9. The molecule has 0 aromatic heterocycles. The van der Waals surface area contributed by atoms with E-state index in [0.29, 0.717) is 6.54 Å². The number of aryl methyl sites for hydroxylation is 1. The molecular formula is C18H22N2O3. The third-order valence-corrected chi connectivity index (χ3v) is 3.34. The zero-order chi connectivity index (χ0) is 16.5. The van der Waals surface area contributed by atoms with Crippen molar-refractivity contribution in [1.29, 1.82) is 0 Å². The molecule has 3 N–H and O–H groups in total. The Morgan fingerprint density at radius 2 is 1.83 bits per heavy atom. The van der Waals surface area contributed by atoms with Crippen LogP contribution in [0.4, 0.5) is 10.5 Å². The summed E-state index contributed by atoms with van der Waals surface area (Å²) in [5.41, 5.74) is 2.85. The van der Waals surface area contributed by atoms with Crippen LogP contribution in [0.3, 0.4) is 0 Å². The molecule has 0 heterocycles. The highest BCUT2D eigenvalue weighted by atomic mass is 16.5.